The van der Waals surface area contributed by atoms with Crippen molar-refractivity contribution in [2.45, 2.75) is 19.9 Å². The van der Waals surface area contributed by atoms with Crippen LogP contribution < -0.4 is 16.5 Å². The standard InChI is InChI=1S/C12H16N4OS/c1-9(15-16-12(13)18)7-11(17)14-8-10-5-3-2-4-6-10/h2-6H,7-8H2,1H3,(H,14,17)(H3,13,16,18)/b15-9-. The molecule has 18 heavy (non-hydrogen) atoms. The van der Waals surface area contributed by atoms with E-state index < -0.39 is 0 Å². The quantitative estimate of drug-likeness (QED) is 0.419. The Kier molecular flexibility index (Phi) is 5.79. The summed E-state index contributed by atoms with van der Waals surface area (Å²) in [7, 11) is 0. The molecule has 0 aromatic heterocycles. The number of hydrogen-bond donors (Lipinski definition) is 3. The van der Waals surface area contributed by atoms with Crippen molar-refractivity contribution in [1.82, 2.24) is 10.7 Å². The zero-order valence-corrected chi connectivity index (χ0v) is 11.0. The average molecular weight is 264 g/mol. The number of nitrogens with zero attached hydrogens (tertiary/aromatic N) is 1. The number of benzene rings is 1. The number of rotatable bonds is 5. The minimum Gasteiger partial charge on any atom is -0.375 e. The van der Waals surface area contributed by atoms with E-state index in [9.17, 15) is 4.79 Å². The summed E-state index contributed by atoms with van der Waals surface area (Å²) in [4.78, 5) is 11.6. The molecule has 4 N–H and O–H groups in total. The summed E-state index contributed by atoms with van der Waals surface area (Å²) in [6, 6.07) is 9.70. The zero-order chi connectivity index (χ0) is 13.4. The van der Waals surface area contributed by atoms with Crippen molar-refractivity contribution >= 4 is 28.9 Å². The molecule has 0 bridgehead atoms. The number of hydrazone groups is 1. The molecule has 0 atom stereocenters. The fourth-order valence-corrected chi connectivity index (χ4v) is 1.33. The Labute approximate surface area is 111 Å². The molecule has 6 heteroatoms. The van der Waals surface area contributed by atoms with Gasteiger partial charge in [0.25, 0.3) is 0 Å². The van der Waals surface area contributed by atoms with Gasteiger partial charge in [0.05, 0.1) is 6.42 Å². The number of thiocarbonyl (C=S) groups is 1. The molecule has 1 amide bonds. The highest BCUT2D eigenvalue weighted by molar-refractivity contribution is 7.80. The van der Waals surface area contributed by atoms with Crippen molar-refractivity contribution in [3.63, 3.8) is 0 Å². The van der Waals surface area contributed by atoms with Crippen LogP contribution in [0.15, 0.2) is 35.4 Å². The van der Waals surface area contributed by atoms with E-state index >= 15 is 0 Å². The van der Waals surface area contributed by atoms with Gasteiger partial charge in [-0.3, -0.25) is 10.2 Å². The van der Waals surface area contributed by atoms with Crippen LogP contribution >= 0.6 is 12.2 Å². The molecule has 0 fully saturated rings. The Balaban J connectivity index is 2.34. The maximum atomic E-state index is 11.6. The minimum atomic E-state index is -0.0927. The maximum Gasteiger partial charge on any atom is 0.225 e. The third kappa shape index (κ3) is 5.95. The first-order valence-electron chi connectivity index (χ1n) is 5.47. The van der Waals surface area contributed by atoms with E-state index in [0.717, 1.165) is 5.56 Å². The molecular formula is C12H16N4OS. The van der Waals surface area contributed by atoms with Crippen LogP contribution in [-0.4, -0.2) is 16.7 Å². The van der Waals surface area contributed by atoms with Gasteiger partial charge >= 0.3 is 0 Å². The minimum absolute atomic E-state index is 0.0824. The van der Waals surface area contributed by atoms with E-state index in [2.05, 4.69) is 28.1 Å². The molecule has 0 heterocycles. The number of carbonyl (C=O) groups excluding carboxylic acids is 1. The first-order valence-corrected chi connectivity index (χ1v) is 5.88. The first-order chi connectivity index (χ1) is 8.58. The molecule has 0 radical (unpaired) electrons. The van der Waals surface area contributed by atoms with Crippen LogP contribution in [0.25, 0.3) is 0 Å². The van der Waals surface area contributed by atoms with E-state index in [0.29, 0.717) is 12.3 Å². The molecule has 1 rings (SSSR count). The van der Waals surface area contributed by atoms with Gasteiger partial charge in [0, 0.05) is 12.3 Å². The molecule has 0 aliphatic rings. The number of hydrogen-bond acceptors (Lipinski definition) is 3. The van der Waals surface area contributed by atoms with E-state index in [1.54, 1.807) is 6.92 Å². The van der Waals surface area contributed by atoms with Crippen molar-refractivity contribution in [2.24, 2.45) is 10.8 Å². The Morgan fingerprint density at radius 1 is 1.39 bits per heavy atom. The predicted molar refractivity (Wildman–Crippen MR) is 75.9 cm³/mol. The lowest BCUT2D eigenvalue weighted by atomic mass is 10.2. The molecule has 96 valence electrons. The number of nitrogens with two attached hydrogens (primary N) is 1. The van der Waals surface area contributed by atoms with E-state index in [1.165, 1.54) is 0 Å². The lowest BCUT2D eigenvalue weighted by Gasteiger charge is -2.05. The highest BCUT2D eigenvalue weighted by Gasteiger charge is 2.03. The lowest BCUT2D eigenvalue weighted by Crippen LogP contribution is -2.28. The summed E-state index contributed by atoms with van der Waals surface area (Å²) in [6.45, 7) is 2.24. The van der Waals surface area contributed by atoms with Gasteiger partial charge < -0.3 is 11.1 Å². The molecule has 0 aliphatic carbocycles. The van der Waals surface area contributed by atoms with Crippen LogP contribution in [0.1, 0.15) is 18.9 Å². The summed E-state index contributed by atoms with van der Waals surface area (Å²) < 4.78 is 0. The van der Waals surface area contributed by atoms with Crippen molar-refractivity contribution in [3.8, 4) is 0 Å². The highest BCUT2D eigenvalue weighted by atomic mass is 32.1. The van der Waals surface area contributed by atoms with Gasteiger partial charge in [-0.15, -0.1) is 0 Å². The first kappa shape index (κ1) is 14.1. The van der Waals surface area contributed by atoms with E-state index in [-0.39, 0.29) is 17.4 Å². The summed E-state index contributed by atoms with van der Waals surface area (Å²) in [5.74, 6) is -0.0927. The fourth-order valence-electron chi connectivity index (χ4n) is 1.28. The third-order valence-electron chi connectivity index (χ3n) is 2.11. The van der Waals surface area contributed by atoms with Gasteiger partial charge in [-0.1, -0.05) is 30.3 Å². The Hall–Kier alpha value is -1.95. The zero-order valence-electron chi connectivity index (χ0n) is 10.1. The van der Waals surface area contributed by atoms with Gasteiger partial charge in [0.15, 0.2) is 5.11 Å². The summed E-state index contributed by atoms with van der Waals surface area (Å²) in [5, 5.41) is 6.75. The fraction of sp³-hybridized carbons (Fsp3) is 0.250. The van der Waals surface area contributed by atoms with Gasteiger partial charge in [0.2, 0.25) is 5.91 Å². The maximum absolute atomic E-state index is 11.6. The van der Waals surface area contributed by atoms with Gasteiger partial charge in [-0.25, -0.2) is 0 Å². The normalized spacial score (nSPS) is 10.8. The van der Waals surface area contributed by atoms with Crippen LogP contribution in [-0.2, 0) is 11.3 Å². The van der Waals surface area contributed by atoms with Gasteiger partial charge in [0.1, 0.15) is 0 Å². The van der Waals surface area contributed by atoms with Crippen molar-refractivity contribution in [3.05, 3.63) is 35.9 Å². The van der Waals surface area contributed by atoms with E-state index in [1.807, 2.05) is 30.3 Å². The SMILES string of the molecule is C/C(CC(=O)NCc1ccccc1)=N/NC(N)=S. The smallest absolute Gasteiger partial charge is 0.225 e. The Morgan fingerprint density at radius 2 is 2.06 bits per heavy atom. The highest BCUT2D eigenvalue weighted by Crippen LogP contribution is 1.97. The molecule has 0 saturated heterocycles. The monoisotopic (exact) mass is 264 g/mol. The molecule has 0 unspecified atom stereocenters. The van der Waals surface area contributed by atoms with Gasteiger partial charge in [-0.05, 0) is 24.7 Å². The summed E-state index contributed by atoms with van der Waals surface area (Å²) in [5.41, 5.74) is 9.34. The number of amides is 1. The van der Waals surface area contributed by atoms with Crippen molar-refractivity contribution in [1.29, 1.82) is 0 Å². The Bertz CT molecular complexity index is 445. The Morgan fingerprint density at radius 3 is 2.67 bits per heavy atom. The topological polar surface area (TPSA) is 79.5 Å². The third-order valence-corrected chi connectivity index (χ3v) is 2.20. The molecule has 5 nitrogen and oxygen atoms in total. The molecular weight excluding hydrogens is 248 g/mol. The summed E-state index contributed by atoms with van der Waals surface area (Å²) in [6.07, 6.45) is 0.211. The second-order valence-electron chi connectivity index (χ2n) is 3.76. The van der Waals surface area contributed by atoms with Crippen LogP contribution in [0.5, 0.6) is 0 Å². The van der Waals surface area contributed by atoms with Crippen LogP contribution in [0.4, 0.5) is 0 Å². The molecule has 1 aromatic carbocycles. The van der Waals surface area contributed by atoms with Crippen molar-refractivity contribution < 1.29 is 4.79 Å². The van der Waals surface area contributed by atoms with E-state index in [4.69, 9.17) is 5.73 Å². The van der Waals surface area contributed by atoms with Crippen LogP contribution in [0.2, 0.25) is 0 Å². The van der Waals surface area contributed by atoms with Crippen LogP contribution in [0.3, 0.4) is 0 Å². The molecule has 0 spiro atoms. The average Bonchev–Trinajstić information content (AvgIpc) is 2.35. The predicted octanol–water partition coefficient (Wildman–Crippen LogP) is 0.902. The number of nitrogens with one attached hydrogen (secondary N) is 2. The van der Waals surface area contributed by atoms with Crippen molar-refractivity contribution in [2.75, 3.05) is 0 Å². The second kappa shape index (κ2) is 7.39. The molecule has 0 aliphatic heterocycles. The van der Waals surface area contributed by atoms with Gasteiger partial charge in [-0.2, -0.15) is 5.10 Å². The summed E-state index contributed by atoms with van der Waals surface area (Å²) >= 11 is 4.60. The van der Waals surface area contributed by atoms with Crippen LogP contribution in [0, 0.1) is 0 Å². The number of carbonyl (C=O) groups is 1. The molecule has 0 saturated carbocycles. The largest absolute Gasteiger partial charge is 0.375 e. The lowest BCUT2D eigenvalue weighted by molar-refractivity contribution is -0.120. The second-order valence-corrected chi connectivity index (χ2v) is 4.20. The molecule has 1 aromatic rings.